The molecule has 1 amide bonds. The van der Waals surface area contributed by atoms with Crippen LogP contribution in [0.2, 0.25) is 0 Å². The van der Waals surface area contributed by atoms with Crippen LogP contribution in [0, 0.1) is 0 Å². The molecule has 0 aliphatic rings. The molecule has 0 aliphatic heterocycles. The van der Waals surface area contributed by atoms with Gasteiger partial charge in [-0.3, -0.25) is 9.59 Å². The molecule has 74 valence electrons. The minimum absolute atomic E-state index is 0.126. The summed E-state index contributed by atoms with van der Waals surface area (Å²) in [6, 6.07) is 6.66. The molecule has 0 spiro atoms. The van der Waals surface area contributed by atoms with Gasteiger partial charge >= 0.3 is 0 Å². The van der Waals surface area contributed by atoms with E-state index in [0.717, 1.165) is 0 Å². The van der Waals surface area contributed by atoms with Crippen LogP contribution < -0.4 is 5.32 Å². The molecule has 14 heavy (non-hydrogen) atoms. The Labute approximate surface area is 81.6 Å². The van der Waals surface area contributed by atoms with Crippen LogP contribution in [-0.2, 0) is 4.79 Å². The van der Waals surface area contributed by atoms with Gasteiger partial charge in [-0.25, -0.2) is 0 Å². The first-order valence-corrected chi connectivity index (χ1v) is 4.16. The molecule has 0 atom stereocenters. The maximum absolute atomic E-state index is 11.1. The van der Waals surface area contributed by atoms with Crippen LogP contribution in [0.15, 0.2) is 24.3 Å². The van der Waals surface area contributed by atoms with Gasteiger partial charge in [0.1, 0.15) is 6.61 Å². The Morgan fingerprint density at radius 2 is 2.00 bits per heavy atom. The smallest absolute Gasteiger partial charge is 0.250 e. The first kappa shape index (κ1) is 10.4. The summed E-state index contributed by atoms with van der Waals surface area (Å²) < 4.78 is 0. The molecule has 1 aromatic rings. The van der Waals surface area contributed by atoms with E-state index in [9.17, 15) is 9.59 Å². The first-order valence-electron chi connectivity index (χ1n) is 4.16. The van der Waals surface area contributed by atoms with Gasteiger partial charge in [-0.15, -0.1) is 0 Å². The SMILES string of the molecule is CC(=O)c1ccccc1NC(=O)CO. The summed E-state index contributed by atoms with van der Waals surface area (Å²) in [5.74, 6) is -0.655. The normalized spacial score (nSPS) is 9.57. The van der Waals surface area contributed by atoms with E-state index in [-0.39, 0.29) is 5.78 Å². The van der Waals surface area contributed by atoms with E-state index in [0.29, 0.717) is 11.3 Å². The molecule has 4 heteroatoms. The van der Waals surface area contributed by atoms with E-state index < -0.39 is 12.5 Å². The second-order valence-corrected chi connectivity index (χ2v) is 2.81. The molecular weight excluding hydrogens is 182 g/mol. The highest BCUT2D eigenvalue weighted by Crippen LogP contribution is 2.14. The molecule has 0 aliphatic carbocycles. The number of nitrogens with one attached hydrogen (secondary N) is 1. The third kappa shape index (κ3) is 2.40. The molecule has 0 saturated carbocycles. The number of Topliss-reactive ketones (excluding diaryl/α,β-unsaturated/α-hetero) is 1. The van der Waals surface area contributed by atoms with Crippen molar-refractivity contribution in [3.05, 3.63) is 29.8 Å². The molecule has 0 saturated heterocycles. The topological polar surface area (TPSA) is 66.4 Å². The highest BCUT2D eigenvalue weighted by molar-refractivity contribution is 6.03. The molecular formula is C10H11NO3. The lowest BCUT2D eigenvalue weighted by atomic mass is 10.1. The zero-order valence-corrected chi connectivity index (χ0v) is 7.78. The lowest BCUT2D eigenvalue weighted by Gasteiger charge is -2.06. The van der Waals surface area contributed by atoms with Crippen molar-refractivity contribution in [1.82, 2.24) is 0 Å². The molecule has 0 radical (unpaired) electrons. The predicted octanol–water partition coefficient (Wildman–Crippen LogP) is 0.820. The lowest BCUT2D eigenvalue weighted by Crippen LogP contribution is -2.17. The molecule has 1 rings (SSSR count). The fourth-order valence-electron chi connectivity index (χ4n) is 1.09. The van der Waals surface area contributed by atoms with Crippen LogP contribution in [0.3, 0.4) is 0 Å². The van der Waals surface area contributed by atoms with Gasteiger partial charge in [0, 0.05) is 5.56 Å². The fourth-order valence-corrected chi connectivity index (χ4v) is 1.09. The molecule has 4 nitrogen and oxygen atoms in total. The average Bonchev–Trinajstić information content (AvgIpc) is 2.18. The van der Waals surface area contributed by atoms with E-state index in [1.807, 2.05) is 0 Å². The molecule has 0 aromatic heterocycles. The van der Waals surface area contributed by atoms with E-state index in [1.54, 1.807) is 24.3 Å². The minimum Gasteiger partial charge on any atom is -0.387 e. The van der Waals surface area contributed by atoms with E-state index in [4.69, 9.17) is 5.11 Å². The number of ketones is 1. The maximum Gasteiger partial charge on any atom is 0.250 e. The lowest BCUT2D eigenvalue weighted by molar-refractivity contribution is -0.118. The molecule has 0 bridgehead atoms. The third-order valence-corrected chi connectivity index (χ3v) is 1.72. The Balaban J connectivity index is 2.95. The summed E-state index contributed by atoms with van der Waals surface area (Å²) in [4.78, 5) is 22.0. The average molecular weight is 193 g/mol. The van der Waals surface area contributed by atoms with Gasteiger partial charge in [-0.05, 0) is 19.1 Å². The molecule has 0 unspecified atom stereocenters. The van der Waals surface area contributed by atoms with Crippen LogP contribution >= 0.6 is 0 Å². The van der Waals surface area contributed by atoms with Gasteiger partial charge in [-0.1, -0.05) is 12.1 Å². The van der Waals surface area contributed by atoms with Crippen LogP contribution in [-0.4, -0.2) is 23.4 Å². The highest BCUT2D eigenvalue weighted by Gasteiger charge is 2.07. The quantitative estimate of drug-likeness (QED) is 0.698. The van der Waals surface area contributed by atoms with Crippen LogP contribution in [0.25, 0.3) is 0 Å². The predicted molar refractivity (Wildman–Crippen MR) is 52.2 cm³/mol. The number of benzene rings is 1. The molecule has 0 fully saturated rings. The van der Waals surface area contributed by atoms with E-state index in [1.165, 1.54) is 6.92 Å². The molecule has 1 aromatic carbocycles. The Morgan fingerprint density at radius 1 is 1.36 bits per heavy atom. The van der Waals surface area contributed by atoms with Crippen LogP contribution in [0.5, 0.6) is 0 Å². The van der Waals surface area contributed by atoms with Gasteiger partial charge in [-0.2, -0.15) is 0 Å². The highest BCUT2D eigenvalue weighted by atomic mass is 16.3. The number of para-hydroxylation sites is 1. The number of aliphatic hydroxyl groups excluding tert-OH is 1. The monoisotopic (exact) mass is 193 g/mol. The standard InChI is InChI=1S/C10H11NO3/c1-7(13)8-4-2-3-5-9(8)11-10(14)6-12/h2-5,12H,6H2,1H3,(H,11,14). The third-order valence-electron chi connectivity index (χ3n) is 1.72. The summed E-state index contributed by atoms with van der Waals surface area (Å²) in [5, 5.41) is 11.0. The van der Waals surface area contributed by atoms with Crippen molar-refractivity contribution < 1.29 is 14.7 Å². The van der Waals surface area contributed by atoms with Gasteiger partial charge in [0.05, 0.1) is 5.69 Å². The van der Waals surface area contributed by atoms with Gasteiger partial charge in [0.2, 0.25) is 5.91 Å². The number of hydrogen-bond donors (Lipinski definition) is 2. The largest absolute Gasteiger partial charge is 0.387 e. The van der Waals surface area contributed by atoms with Crippen molar-refractivity contribution in [2.45, 2.75) is 6.92 Å². The summed E-state index contributed by atoms with van der Waals surface area (Å²) in [5.41, 5.74) is 0.869. The first-order chi connectivity index (χ1) is 6.65. The van der Waals surface area contributed by atoms with E-state index in [2.05, 4.69) is 5.32 Å². The van der Waals surface area contributed by atoms with Gasteiger partial charge in [0.25, 0.3) is 0 Å². The summed E-state index contributed by atoms with van der Waals surface area (Å²) in [6.45, 7) is 0.830. The number of amides is 1. The van der Waals surface area contributed by atoms with Gasteiger partial charge in [0.15, 0.2) is 5.78 Å². The van der Waals surface area contributed by atoms with Crippen molar-refractivity contribution in [1.29, 1.82) is 0 Å². The summed E-state index contributed by atoms with van der Waals surface area (Å²) in [7, 11) is 0. The number of rotatable bonds is 3. The van der Waals surface area contributed by atoms with Crippen molar-refractivity contribution >= 4 is 17.4 Å². The number of hydrogen-bond acceptors (Lipinski definition) is 3. The number of carbonyl (C=O) groups is 2. The second-order valence-electron chi connectivity index (χ2n) is 2.81. The zero-order chi connectivity index (χ0) is 10.6. The Morgan fingerprint density at radius 3 is 2.57 bits per heavy atom. The summed E-state index contributed by atoms with van der Waals surface area (Å²) in [6.07, 6.45) is 0. The molecule has 0 heterocycles. The van der Waals surface area contributed by atoms with Crippen LogP contribution in [0.4, 0.5) is 5.69 Å². The van der Waals surface area contributed by atoms with E-state index >= 15 is 0 Å². The van der Waals surface area contributed by atoms with Crippen molar-refractivity contribution in [3.63, 3.8) is 0 Å². The minimum atomic E-state index is -0.591. The zero-order valence-electron chi connectivity index (χ0n) is 7.78. The summed E-state index contributed by atoms with van der Waals surface area (Å²) >= 11 is 0. The number of anilines is 1. The van der Waals surface area contributed by atoms with Crippen LogP contribution in [0.1, 0.15) is 17.3 Å². The fraction of sp³-hybridized carbons (Fsp3) is 0.200. The van der Waals surface area contributed by atoms with Crippen molar-refractivity contribution in [2.24, 2.45) is 0 Å². The van der Waals surface area contributed by atoms with Crippen molar-refractivity contribution in [2.75, 3.05) is 11.9 Å². The Bertz CT molecular complexity index is 360. The van der Waals surface area contributed by atoms with Gasteiger partial charge < -0.3 is 10.4 Å². The maximum atomic E-state index is 11.1. The molecule has 2 N–H and O–H groups in total. The Hall–Kier alpha value is -1.68. The second kappa shape index (κ2) is 4.53. The number of aliphatic hydroxyl groups is 1. The number of carbonyl (C=O) groups excluding carboxylic acids is 2. The Kier molecular flexibility index (Phi) is 3.36. The van der Waals surface area contributed by atoms with Crippen molar-refractivity contribution in [3.8, 4) is 0 Å².